The van der Waals surface area contributed by atoms with Crippen molar-refractivity contribution in [1.82, 2.24) is 9.97 Å². The maximum Gasteiger partial charge on any atom is 0.251 e. The van der Waals surface area contributed by atoms with Crippen LogP contribution in [0.1, 0.15) is 25.6 Å². The summed E-state index contributed by atoms with van der Waals surface area (Å²) in [5.41, 5.74) is -0.115. The predicted molar refractivity (Wildman–Crippen MR) is 46.6 cm³/mol. The third-order valence-electron chi connectivity index (χ3n) is 1.28. The third-order valence-corrected chi connectivity index (χ3v) is 1.68. The first-order chi connectivity index (χ1) is 5.09. The highest BCUT2D eigenvalue weighted by Crippen LogP contribution is 2.09. The Morgan fingerprint density at radius 1 is 1.64 bits per heavy atom. The van der Waals surface area contributed by atoms with Gasteiger partial charge in [-0.25, -0.2) is 4.98 Å². The van der Waals surface area contributed by atoms with Crippen molar-refractivity contribution < 1.29 is 0 Å². The molecule has 0 amide bonds. The number of hydrogen-bond donors (Lipinski definition) is 1. The highest BCUT2D eigenvalue weighted by atomic mass is 79.9. The minimum atomic E-state index is -0.115. The molecule has 0 radical (unpaired) electrons. The second kappa shape index (κ2) is 3.17. The van der Waals surface area contributed by atoms with E-state index in [4.69, 9.17) is 0 Å². The Labute approximate surface area is 73.0 Å². The second-order valence-corrected chi connectivity index (χ2v) is 3.42. The van der Waals surface area contributed by atoms with Gasteiger partial charge in [-0.15, -0.1) is 0 Å². The van der Waals surface area contributed by atoms with Gasteiger partial charge in [0.05, 0.1) is 0 Å². The molecule has 0 atom stereocenters. The zero-order chi connectivity index (χ0) is 8.43. The van der Waals surface area contributed by atoms with Gasteiger partial charge in [-0.3, -0.25) is 4.79 Å². The van der Waals surface area contributed by atoms with E-state index in [9.17, 15) is 4.79 Å². The van der Waals surface area contributed by atoms with E-state index in [0.717, 1.165) is 0 Å². The maximum absolute atomic E-state index is 10.9. The van der Waals surface area contributed by atoms with Gasteiger partial charge in [-0.05, 0) is 15.9 Å². The van der Waals surface area contributed by atoms with Crippen molar-refractivity contribution in [3.05, 3.63) is 26.8 Å². The van der Waals surface area contributed by atoms with Crippen molar-refractivity contribution in [2.24, 2.45) is 0 Å². The first kappa shape index (κ1) is 8.46. The van der Waals surface area contributed by atoms with Crippen LogP contribution in [-0.2, 0) is 0 Å². The average Bonchev–Trinajstić information content (AvgIpc) is 1.85. The van der Waals surface area contributed by atoms with Gasteiger partial charge < -0.3 is 4.98 Å². The molecule has 0 saturated heterocycles. The zero-order valence-electron chi connectivity index (χ0n) is 6.39. The van der Waals surface area contributed by atoms with Gasteiger partial charge in [0.2, 0.25) is 0 Å². The van der Waals surface area contributed by atoms with Crippen LogP contribution < -0.4 is 5.56 Å². The number of hydrogen-bond acceptors (Lipinski definition) is 2. The van der Waals surface area contributed by atoms with Crippen molar-refractivity contribution in [2.75, 3.05) is 0 Å². The van der Waals surface area contributed by atoms with E-state index in [1.165, 1.54) is 6.07 Å². The standard InChI is InChI=1S/C7H9BrN2O/c1-4(2)7-9-5(8)3-6(11)10-7/h3-4H,1-2H3,(H,9,10,11). The first-order valence-electron chi connectivity index (χ1n) is 3.36. The molecule has 0 bridgehead atoms. The lowest BCUT2D eigenvalue weighted by molar-refractivity contribution is 0.761. The highest BCUT2D eigenvalue weighted by Gasteiger charge is 2.02. The van der Waals surface area contributed by atoms with E-state index in [1.54, 1.807) is 0 Å². The molecule has 0 unspecified atom stereocenters. The number of nitrogens with zero attached hydrogens (tertiary/aromatic N) is 1. The molecule has 1 heterocycles. The Morgan fingerprint density at radius 2 is 2.27 bits per heavy atom. The molecule has 0 aliphatic carbocycles. The summed E-state index contributed by atoms with van der Waals surface area (Å²) >= 11 is 3.15. The van der Waals surface area contributed by atoms with Gasteiger partial charge in [0, 0.05) is 12.0 Å². The fourth-order valence-electron chi connectivity index (χ4n) is 0.719. The maximum atomic E-state index is 10.9. The molecule has 1 aromatic heterocycles. The summed E-state index contributed by atoms with van der Waals surface area (Å²) < 4.78 is 0.588. The van der Waals surface area contributed by atoms with E-state index >= 15 is 0 Å². The molecular formula is C7H9BrN2O. The first-order valence-corrected chi connectivity index (χ1v) is 4.15. The number of H-pyrrole nitrogens is 1. The Kier molecular flexibility index (Phi) is 2.44. The van der Waals surface area contributed by atoms with E-state index in [1.807, 2.05) is 13.8 Å². The molecule has 1 rings (SSSR count). The molecule has 0 fully saturated rings. The molecular weight excluding hydrogens is 208 g/mol. The van der Waals surface area contributed by atoms with E-state index in [-0.39, 0.29) is 11.5 Å². The van der Waals surface area contributed by atoms with Gasteiger partial charge in [-0.1, -0.05) is 13.8 Å². The molecule has 60 valence electrons. The lowest BCUT2D eigenvalue weighted by atomic mass is 10.2. The SMILES string of the molecule is CC(C)c1nc(Br)cc(=O)[nH]1. The summed E-state index contributed by atoms with van der Waals surface area (Å²) in [6.45, 7) is 3.95. The summed E-state index contributed by atoms with van der Waals surface area (Å²) in [4.78, 5) is 17.6. The van der Waals surface area contributed by atoms with E-state index < -0.39 is 0 Å². The van der Waals surface area contributed by atoms with Crippen LogP contribution in [-0.4, -0.2) is 9.97 Å². The summed E-state index contributed by atoms with van der Waals surface area (Å²) in [6.07, 6.45) is 0. The predicted octanol–water partition coefficient (Wildman–Crippen LogP) is 1.66. The summed E-state index contributed by atoms with van der Waals surface area (Å²) in [6, 6.07) is 1.41. The molecule has 0 aliphatic heterocycles. The molecule has 0 saturated carbocycles. The topological polar surface area (TPSA) is 45.8 Å². The van der Waals surface area contributed by atoms with Gasteiger partial charge >= 0.3 is 0 Å². The van der Waals surface area contributed by atoms with Crippen LogP contribution in [0.15, 0.2) is 15.5 Å². The number of aromatic nitrogens is 2. The molecule has 11 heavy (non-hydrogen) atoms. The van der Waals surface area contributed by atoms with Crippen LogP contribution in [0.3, 0.4) is 0 Å². The van der Waals surface area contributed by atoms with Crippen molar-refractivity contribution in [3.8, 4) is 0 Å². The summed E-state index contributed by atoms with van der Waals surface area (Å²) in [5.74, 6) is 0.963. The molecule has 1 aromatic rings. The molecule has 4 heteroatoms. The van der Waals surface area contributed by atoms with Crippen molar-refractivity contribution in [1.29, 1.82) is 0 Å². The van der Waals surface area contributed by atoms with Crippen molar-refractivity contribution >= 4 is 15.9 Å². The van der Waals surface area contributed by atoms with Crippen LogP contribution >= 0.6 is 15.9 Å². The lowest BCUT2D eigenvalue weighted by Gasteiger charge is -2.02. The van der Waals surface area contributed by atoms with Crippen molar-refractivity contribution in [2.45, 2.75) is 19.8 Å². The smallest absolute Gasteiger partial charge is 0.251 e. The lowest BCUT2D eigenvalue weighted by Crippen LogP contribution is -2.10. The Balaban J connectivity index is 3.19. The van der Waals surface area contributed by atoms with Gasteiger partial charge in [0.25, 0.3) is 5.56 Å². The van der Waals surface area contributed by atoms with Crippen LogP contribution in [0.5, 0.6) is 0 Å². The summed E-state index contributed by atoms with van der Waals surface area (Å²) in [7, 11) is 0. The number of aromatic amines is 1. The van der Waals surface area contributed by atoms with E-state index in [0.29, 0.717) is 10.4 Å². The number of rotatable bonds is 1. The Hall–Kier alpha value is -0.640. The van der Waals surface area contributed by atoms with Crippen LogP contribution in [0.25, 0.3) is 0 Å². The van der Waals surface area contributed by atoms with Crippen LogP contribution in [0.4, 0.5) is 0 Å². The number of nitrogens with one attached hydrogen (secondary N) is 1. The van der Waals surface area contributed by atoms with Crippen LogP contribution in [0, 0.1) is 0 Å². The minimum Gasteiger partial charge on any atom is -0.310 e. The largest absolute Gasteiger partial charge is 0.310 e. The Morgan fingerprint density at radius 3 is 2.73 bits per heavy atom. The minimum absolute atomic E-state index is 0.115. The third kappa shape index (κ3) is 2.15. The average molecular weight is 217 g/mol. The monoisotopic (exact) mass is 216 g/mol. The van der Waals surface area contributed by atoms with Crippen molar-refractivity contribution in [3.63, 3.8) is 0 Å². The molecule has 3 nitrogen and oxygen atoms in total. The quantitative estimate of drug-likeness (QED) is 0.727. The molecule has 0 aromatic carbocycles. The van der Waals surface area contributed by atoms with Gasteiger partial charge in [-0.2, -0.15) is 0 Å². The molecule has 1 N–H and O–H groups in total. The highest BCUT2D eigenvalue weighted by molar-refractivity contribution is 9.10. The van der Waals surface area contributed by atoms with E-state index in [2.05, 4.69) is 25.9 Å². The van der Waals surface area contributed by atoms with Gasteiger partial charge in [0.1, 0.15) is 10.4 Å². The summed E-state index contributed by atoms with van der Waals surface area (Å²) in [5, 5.41) is 0. The van der Waals surface area contributed by atoms with Gasteiger partial charge in [0.15, 0.2) is 0 Å². The molecule has 0 aliphatic rings. The zero-order valence-corrected chi connectivity index (χ0v) is 7.97. The fourth-order valence-corrected chi connectivity index (χ4v) is 1.12. The van der Waals surface area contributed by atoms with Crippen LogP contribution in [0.2, 0.25) is 0 Å². The number of halogens is 1. The molecule has 0 spiro atoms. The normalized spacial score (nSPS) is 10.5. The fraction of sp³-hybridized carbons (Fsp3) is 0.429. The second-order valence-electron chi connectivity index (χ2n) is 2.61. The Bertz CT molecular complexity index is 306.